The number of nitro benzene ring substituents is 1. The van der Waals surface area contributed by atoms with Gasteiger partial charge < -0.3 is 14.2 Å². The smallest absolute Gasteiger partial charge is 0.269 e. The van der Waals surface area contributed by atoms with Gasteiger partial charge in [0.15, 0.2) is 11.5 Å². The average Bonchev–Trinajstić information content (AvgIpc) is 2.85. The Morgan fingerprint density at radius 2 is 1.60 bits per heavy atom. The Hall–Kier alpha value is -4.40. The third-order valence-electron chi connectivity index (χ3n) is 4.81. The van der Waals surface area contributed by atoms with Crippen LogP contribution in [0, 0.1) is 10.1 Å². The van der Waals surface area contributed by atoms with Crippen LogP contribution in [-0.4, -0.2) is 30.3 Å². The molecule has 0 spiro atoms. The van der Waals surface area contributed by atoms with Crippen LogP contribution in [0.2, 0.25) is 0 Å². The number of rotatable bonds is 12. The molecule has 0 heterocycles. The van der Waals surface area contributed by atoms with Crippen molar-refractivity contribution in [3.63, 3.8) is 0 Å². The molecule has 3 rings (SSSR count). The molecule has 0 saturated carbocycles. The third-order valence-corrected chi connectivity index (χ3v) is 4.81. The molecular formula is C26H27N3O6. The SMILES string of the molecule is CCOc1ccc(CC(=O)N/N=C/c2ccc(OCc3ccc([N+](=O)[O-])cc3)c(OCC)c2)cc1. The minimum Gasteiger partial charge on any atom is -0.494 e. The van der Waals surface area contributed by atoms with E-state index in [2.05, 4.69) is 10.5 Å². The summed E-state index contributed by atoms with van der Waals surface area (Å²) in [5.41, 5.74) is 4.92. The monoisotopic (exact) mass is 477 g/mol. The molecule has 0 fully saturated rings. The van der Waals surface area contributed by atoms with Gasteiger partial charge in [-0.2, -0.15) is 5.10 Å². The summed E-state index contributed by atoms with van der Waals surface area (Å²) in [4.78, 5) is 22.5. The first-order chi connectivity index (χ1) is 17.0. The lowest BCUT2D eigenvalue weighted by molar-refractivity contribution is -0.384. The fourth-order valence-electron chi connectivity index (χ4n) is 3.14. The summed E-state index contributed by atoms with van der Waals surface area (Å²) in [5, 5.41) is 14.8. The van der Waals surface area contributed by atoms with E-state index in [9.17, 15) is 14.9 Å². The minimum atomic E-state index is -0.444. The number of amides is 1. The van der Waals surface area contributed by atoms with E-state index in [0.717, 1.165) is 22.4 Å². The second-order valence-electron chi connectivity index (χ2n) is 7.40. The number of nitrogens with zero attached hydrogens (tertiary/aromatic N) is 2. The Morgan fingerprint density at radius 1 is 0.914 bits per heavy atom. The van der Waals surface area contributed by atoms with Crippen molar-refractivity contribution in [3.05, 3.63) is 93.5 Å². The number of benzene rings is 3. The van der Waals surface area contributed by atoms with Gasteiger partial charge in [-0.05, 0) is 73.0 Å². The highest BCUT2D eigenvalue weighted by atomic mass is 16.6. The number of carbonyl (C=O) groups excluding carboxylic acids is 1. The van der Waals surface area contributed by atoms with Crippen molar-refractivity contribution in [1.82, 2.24) is 5.43 Å². The van der Waals surface area contributed by atoms with Crippen LogP contribution in [0.3, 0.4) is 0 Å². The largest absolute Gasteiger partial charge is 0.494 e. The van der Waals surface area contributed by atoms with Crippen LogP contribution in [0.1, 0.15) is 30.5 Å². The van der Waals surface area contributed by atoms with Gasteiger partial charge in [0.1, 0.15) is 12.4 Å². The summed E-state index contributed by atoms with van der Waals surface area (Å²) < 4.78 is 16.9. The van der Waals surface area contributed by atoms with Crippen LogP contribution in [0.5, 0.6) is 17.2 Å². The second kappa shape index (κ2) is 12.7. The molecule has 1 amide bonds. The molecule has 0 aliphatic heterocycles. The van der Waals surface area contributed by atoms with Gasteiger partial charge in [-0.1, -0.05) is 12.1 Å². The predicted molar refractivity (Wildman–Crippen MR) is 132 cm³/mol. The number of hydrazone groups is 1. The van der Waals surface area contributed by atoms with Crippen molar-refractivity contribution < 1.29 is 23.9 Å². The fourth-order valence-corrected chi connectivity index (χ4v) is 3.14. The van der Waals surface area contributed by atoms with Crippen LogP contribution < -0.4 is 19.6 Å². The fraction of sp³-hybridized carbons (Fsp3) is 0.231. The molecule has 182 valence electrons. The van der Waals surface area contributed by atoms with E-state index in [1.54, 1.807) is 30.3 Å². The molecular weight excluding hydrogens is 450 g/mol. The maximum Gasteiger partial charge on any atom is 0.269 e. The Balaban J connectivity index is 1.56. The molecule has 1 N–H and O–H groups in total. The van der Waals surface area contributed by atoms with Crippen LogP contribution >= 0.6 is 0 Å². The van der Waals surface area contributed by atoms with Crippen LogP contribution in [-0.2, 0) is 17.8 Å². The van der Waals surface area contributed by atoms with Gasteiger partial charge in [0, 0.05) is 12.1 Å². The first-order valence-electron chi connectivity index (χ1n) is 11.1. The van der Waals surface area contributed by atoms with Gasteiger partial charge in [-0.15, -0.1) is 0 Å². The molecule has 0 aliphatic carbocycles. The maximum atomic E-state index is 12.2. The van der Waals surface area contributed by atoms with E-state index >= 15 is 0 Å². The maximum absolute atomic E-state index is 12.2. The van der Waals surface area contributed by atoms with Gasteiger partial charge in [-0.25, -0.2) is 5.43 Å². The Bertz CT molecular complexity index is 1160. The van der Waals surface area contributed by atoms with E-state index in [0.29, 0.717) is 24.7 Å². The Morgan fingerprint density at radius 3 is 2.26 bits per heavy atom. The summed E-state index contributed by atoms with van der Waals surface area (Å²) in [6.45, 7) is 5.04. The summed E-state index contributed by atoms with van der Waals surface area (Å²) >= 11 is 0. The summed E-state index contributed by atoms with van der Waals surface area (Å²) in [6.07, 6.45) is 1.72. The Kier molecular flexibility index (Phi) is 9.18. The van der Waals surface area contributed by atoms with E-state index in [1.807, 2.05) is 38.1 Å². The molecule has 35 heavy (non-hydrogen) atoms. The third kappa shape index (κ3) is 7.85. The van der Waals surface area contributed by atoms with E-state index in [-0.39, 0.29) is 24.6 Å². The molecule has 0 unspecified atom stereocenters. The quantitative estimate of drug-likeness (QED) is 0.231. The topological polar surface area (TPSA) is 112 Å². The van der Waals surface area contributed by atoms with Crippen molar-refractivity contribution in [1.29, 1.82) is 0 Å². The highest BCUT2D eigenvalue weighted by Gasteiger charge is 2.09. The molecule has 9 nitrogen and oxygen atoms in total. The highest BCUT2D eigenvalue weighted by Crippen LogP contribution is 2.29. The lowest BCUT2D eigenvalue weighted by Gasteiger charge is -2.12. The zero-order valence-corrected chi connectivity index (χ0v) is 19.6. The van der Waals surface area contributed by atoms with Gasteiger partial charge in [0.05, 0.1) is 30.8 Å². The zero-order valence-electron chi connectivity index (χ0n) is 19.6. The lowest BCUT2D eigenvalue weighted by Crippen LogP contribution is -2.19. The molecule has 0 saturated heterocycles. The number of ether oxygens (including phenoxy) is 3. The molecule has 0 atom stereocenters. The van der Waals surface area contributed by atoms with Gasteiger partial charge >= 0.3 is 0 Å². The number of hydrogen-bond donors (Lipinski definition) is 1. The van der Waals surface area contributed by atoms with Crippen LogP contribution in [0.15, 0.2) is 71.8 Å². The predicted octanol–water partition coefficient (Wildman–Crippen LogP) is 4.66. The second-order valence-corrected chi connectivity index (χ2v) is 7.40. The van der Waals surface area contributed by atoms with Gasteiger partial charge in [0.25, 0.3) is 5.69 Å². The van der Waals surface area contributed by atoms with E-state index in [1.165, 1.54) is 18.3 Å². The van der Waals surface area contributed by atoms with E-state index < -0.39 is 4.92 Å². The molecule has 0 aliphatic rings. The lowest BCUT2D eigenvalue weighted by atomic mass is 10.1. The molecule has 0 aromatic heterocycles. The highest BCUT2D eigenvalue weighted by molar-refractivity contribution is 5.84. The summed E-state index contributed by atoms with van der Waals surface area (Å²) in [5.74, 6) is 1.58. The van der Waals surface area contributed by atoms with Crippen molar-refractivity contribution in [2.24, 2.45) is 5.10 Å². The van der Waals surface area contributed by atoms with Crippen molar-refractivity contribution in [2.45, 2.75) is 26.9 Å². The van der Waals surface area contributed by atoms with Crippen molar-refractivity contribution >= 4 is 17.8 Å². The average molecular weight is 478 g/mol. The normalized spacial score (nSPS) is 10.7. The first kappa shape index (κ1) is 25.2. The number of carbonyl (C=O) groups is 1. The van der Waals surface area contributed by atoms with Crippen LogP contribution in [0.25, 0.3) is 0 Å². The summed E-state index contributed by atoms with van der Waals surface area (Å²) in [7, 11) is 0. The molecule has 0 bridgehead atoms. The Labute approximate surface area is 203 Å². The molecule has 3 aromatic carbocycles. The van der Waals surface area contributed by atoms with Crippen molar-refractivity contribution in [2.75, 3.05) is 13.2 Å². The standard InChI is InChI=1S/C26H27N3O6/c1-3-33-23-12-7-19(8-13-23)16-26(30)28-27-17-21-9-14-24(25(15-21)34-4-2)35-18-20-5-10-22(11-6-20)29(31)32/h5-15,17H,3-4,16,18H2,1-2H3,(H,28,30)/b27-17+. The molecule has 9 heteroatoms. The van der Waals surface area contributed by atoms with Crippen LogP contribution in [0.4, 0.5) is 5.69 Å². The van der Waals surface area contributed by atoms with Crippen molar-refractivity contribution in [3.8, 4) is 17.2 Å². The first-order valence-corrected chi connectivity index (χ1v) is 11.1. The zero-order chi connectivity index (χ0) is 25.0. The molecule has 0 radical (unpaired) electrons. The minimum absolute atomic E-state index is 0.0268. The number of nitrogens with one attached hydrogen (secondary N) is 1. The molecule has 3 aromatic rings. The van der Waals surface area contributed by atoms with Gasteiger partial charge in [-0.3, -0.25) is 14.9 Å². The number of non-ortho nitro benzene ring substituents is 1. The number of hydrogen-bond acceptors (Lipinski definition) is 7. The number of nitro groups is 1. The van der Waals surface area contributed by atoms with E-state index in [4.69, 9.17) is 14.2 Å². The summed E-state index contributed by atoms with van der Waals surface area (Å²) in [6, 6.07) is 18.8. The van der Waals surface area contributed by atoms with Gasteiger partial charge in [0.2, 0.25) is 5.91 Å².